The molecule has 4 atom stereocenters. The van der Waals surface area contributed by atoms with E-state index in [1.165, 1.54) is 0 Å². The van der Waals surface area contributed by atoms with Crippen LogP contribution in [-0.2, 0) is 48.2 Å². The summed E-state index contributed by atoms with van der Waals surface area (Å²) >= 11 is 12.6. The molecule has 206 valence electrons. The first-order chi connectivity index (χ1) is 16.6. The van der Waals surface area contributed by atoms with Gasteiger partial charge in [-0.25, -0.2) is 8.42 Å². The molecular weight excluding hydrogens is 619 g/mol. The molecule has 3 aliphatic rings. The zero-order valence-corrected chi connectivity index (χ0v) is 25.1. The van der Waals surface area contributed by atoms with Crippen LogP contribution >= 0.6 is 23.2 Å². The molecule has 3 fully saturated rings. The van der Waals surface area contributed by atoms with Crippen molar-refractivity contribution in [1.29, 1.82) is 0 Å². The largest absolute Gasteiger partial charge is 0.334 e. The average Bonchev–Trinajstić information content (AvgIpc) is 3.69. The molecule has 1 heterocycles. The number of likely N-dealkylation sites (tertiary alicyclic amines) is 1. The molecule has 0 N–H and O–H groups in total. The van der Waals surface area contributed by atoms with E-state index in [2.05, 4.69) is 13.0 Å². The summed E-state index contributed by atoms with van der Waals surface area (Å²) in [5.41, 5.74) is 1.24. The van der Waals surface area contributed by atoms with E-state index < -0.39 is 15.3 Å². The number of halogens is 2. The van der Waals surface area contributed by atoms with Crippen LogP contribution in [0.25, 0.3) is 0 Å². The molecule has 1 saturated heterocycles. The van der Waals surface area contributed by atoms with E-state index in [0.29, 0.717) is 28.8 Å². The molecule has 0 spiro atoms. The number of hydrogen-bond acceptors (Lipinski definition) is 3. The van der Waals surface area contributed by atoms with Gasteiger partial charge < -0.3 is 11.8 Å². The number of sulfone groups is 1. The fourth-order valence-electron chi connectivity index (χ4n) is 5.73. The van der Waals surface area contributed by atoms with Crippen LogP contribution in [0.15, 0.2) is 48.5 Å². The summed E-state index contributed by atoms with van der Waals surface area (Å²) in [6.07, 6.45) is 4.60. The van der Waals surface area contributed by atoms with E-state index in [0.717, 1.165) is 36.8 Å². The zero-order chi connectivity index (χ0) is 25.0. The Morgan fingerprint density at radius 3 is 2.22 bits per heavy atom. The molecule has 0 bridgehead atoms. The van der Waals surface area contributed by atoms with Gasteiger partial charge in [-0.15, -0.1) is 0 Å². The van der Waals surface area contributed by atoms with Crippen LogP contribution in [0, 0.1) is 18.3 Å². The van der Waals surface area contributed by atoms with Crippen LogP contribution in [0.5, 0.6) is 0 Å². The van der Waals surface area contributed by atoms with Gasteiger partial charge in [-0.2, -0.15) is 0 Å². The molecule has 0 aromatic heterocycles. The molecule has 4 nitrogen and oxygen atoms in total. The van der Waals surface area contributed by atoms with Crippen LogP contribution in [0.2, 0.25) is 10.0 Å². The summed E-state index contributed by atoms with van der Waals surface area (Å²) in [4.78, 5) is 16.1. The number of hydrogen-bond donors (Lipinski definition) is 0. The van der Waals surface area contributed by atoms with Crippen molar-refractivity contribution in [3.63, 3.8) is 0 Å². The van der Waals surface area contributed by atoms with E-state index in [9.17, 15) is 13.2 Å². The van der Waals surface area contributed by atoms with Crippen LogP contribution in [-0.4, -0.2) is 36.3 Å². The molecule has 9 heteroatoms. The monoisotopic (exact) mass is 650 g/mol. The SMILES string of the molecule is [CH2-][C@@]1(C)CC(c2cccc(Cl)c2)[C@@H](c2ccc(Cl)cc2)N([C@@H](CCS(=O)(=O)C2CC2)C2CC2)C1=O.[Co].[Co]. The van der Waals surface area contributed by atoms with Crippen LogP contribution in [0.1, 0.15) is 68.5 Å². The van der Waals surface area contributed by atoms with Crippen LogP contribution < -0.4 is 0 Å². The Labute approximate surface area is 251 Å². The van der Waals surface area contributed by atoms with Crippen molar-refractivity contribution in [2.45, 2.75) is 68.7 Å². The molecule has 2 aliphatic carbocycles. The number of amides is 1. The minimum atomic E-state index is -3.12. The predicted molar refractivity (Wildman–Crippen MR) is 141 cm³/mol. The Hall–Kier alpha value is -0.547. The maximum Gasteiger partial charge on any atom is 0.199 e. The minimum absolute atomic E-state index is 0. The van der Waals surface area contributed by atoms with E-state index in [1.807, 2.05) is 54.3 Å². The normalized spacial score (nSPS) is 26.7. The van der Waals surface area contributed by atoms with Gasteiger partial charge in [0.15, 0.2) is 15.7 Å². The Balaban J connectivity index is 0.00000190. The Morgan fingerprint density at radius 1 is 1.00 bits per heavy atom. The summed E-state index contributed by atoms with van der Waals surface area (Å²) < 4.78 is 25.6. The number of carbonyl (C=O) groups excluding carboxylic acids is 1. The smallest absolute Gasteiger partial charge is 0.199 e. The maximum atomic E-state index is 14.0. The molecule has 1 unspecified atom stereocenters. The number of carbonyl (C=O) groups is 1. The predicted octanol–water partition coefficient (Wildman–Crippen LogP) is 6.63. The maximum absolute atomic E-state index is 14.0. The second-order valence-electron chi connectivity index (χ2n) is 10.9. The molecule has 2 saturated carbocycles. The quantitative estimate of drug-likeness (QED) is 0.301. The molecule has 2 radical (unpaired) electrons. The second kappa shape index (κ2) is 11.9. The third-order valence-corrected chi connectivity index (χ3v) is 10.6. The Kier molecular flexibility index (Phi) is 9.97. The van der Waals surface area contributed by atoms with Gasteiger partial charge in [-0.1, -0.05) is 66.2 Å². The van der Waals surface area contributed by atoms with E-state index in [-0.39, 0.29) is 68.5 Å². The molecule has 1 amide bonds. The number of piperidine rings is 1. The van der Waals surface area contributed by atoms with Gasteiger partial charge >= 0.3 is 0 Å². The van der Waals surface area contributed by atoms with Gasteiger partial charge in [-0.05, 0) is 73.4 Å². The fraction of sp³-hybridized carbons (Fsp3) is 0.500. The van der Waals surface area contributed by atoms with Gasteiger partial charge in [0.05, 0.1) is 17.0 Å². The summed E-state index contributed by atoms with van der Waals surface area (Å²) in [7, 11) is -3.12. The van der Waals surface area contributed by atoms with Gasteiger partial charge in [0.1, 0.15) is 0 Å². The molecule has 37 heavy (non-hydrogen) atoms. The first-order valence-corrected chi connectivity index (χ1v) is 14.9. The molecule has 2 aromatic carbocycles. The molecule has 5 rings (SSSR count). The average molecular weight is 651 g/mol. The van der Waals surface area contributed by atoms with Crippen molar-refractivity contribution >= 4 is 38.9 Å². The van der Waals surface area contributed by atoms with Crippen molar-refractivity contribution < 1.29 is 46.8 Å². The van der Waals surface area contributed by atoms with E-state index >= 15 is 0 Å². The van der Waals surface area contributed by atoms with E-state index in [1.54, 1.807) is 0 Å². The first-order valence-electron chi connectivity index (χ1n) is 12.5. The van der Waals surface area contributed by atoms with Gasteiger partial charge in [-0.3, -0.25) is 4.79 Å². The third kappa shape index (κ3) is 6.79. The molecule has 1 aliphatic heterocycles. The summed E-state index contributed by atoms with van der Waals surface area (Å²) in [5, 5.41) is 1.10. The summed E-state index contributed by atoms with van der Waals surface area (Å²) in [6, 6.07) is 15.1. The van der Waals surface area contributed by atoms with Crippen LogP contribution in [0.4, 0.5) is 0 Å². The Morgan fingerprint density at radius 2 is 1.65 bits per heavy atom. The molecular formula is C28H32Cl2Co2NO3S-. The van der Waals surface area contributed by atoms with Crippen molar-refractivity contribution in [2.24, 2.45) is 11.3 Å². The van der Waals surface area contributed by atoms with Crippen LogP contribution in [0.3, 0.4) is 0 Å². The van der Waals surface area contributed by atoms with Gasteiger partial charge in [0.2, 0.25) is 0 Å². The van der Waals surface area contributed by atoms with Crippen molar-refractivity contribution in [3.05, 3.63) is 76.6 Å². The second-order valence-corrected chi connectivity index (χ2v) is 14.2. The van der Waals surface area contributed by atoms with Gasteiger partial charge in [0, 0.05) is 55.6 Å². The van der Waals surface area contributed by atoms with Crippen molar-refractivity contribution in [1.82, 2.24) is 4.90 Å². The zero-order valence-electron chi connectivity index (χ0n) is 20.7. The van der Waals surface area contributed by atoms with Crippen molar-refractivity contribution in [3.8, 4) is 0 Å². The summed E-state index contributed by atoms with van der Waals surface area (Å²) in [5.74, 6) is 0.413. The van der Waals surface area contributed by atoms with E-state index in [4.69, 9.17) is 23.2 Å². The first kappa shape index (κ1) is 31.0. The standard InChI is InChI=1S/C28H32Cl2NO3S.2Co/c1-28(2)17-24(20-4-3-5-22(30)16-20)26(19-8-10-21(29)11-9-19)31(27(28)32)25(18-6-7-18)14-15-35(33,34)23-12-13-23;;/h3-5,8-11,16,18,23-26H,1,6-7,12-15,17H2,2H3;;/q-1;;/t24?,25-,26+,28+;;/m0../s1. The fourth-order valence-corrected chi connectivity index (χ4v) is 7.81. The van der Waals surface area contributed by atoms with Crippen molar-refractivity contribution in [2.75, 3.05) is 5.75 Å². The third-order valence-electron chi connectivity index (χ3n) is 7.84. The topological polar surface area (TPSA) is 54.5 Å². The minimum Gasteiger partial charge on any atom is -0.334 e. The van der Waals surface area contributed by atoms with Gasteiger partial charge in [0.25, 0.3) is 0 Å². The number of benzene rings is 2. The Bertz CT molecular complexity index is 1210. The molecule has 2 aromatic rings. The number of nitrogens with zero attached hydrogens (tertiary/aromatic N) is 1. The summed E-state index contributed by atoms with van der Waals surface area (Å²) in [6.45, 7) is 6.25. The number of rotatable bonds is 8.